The highest BCUT2D eigenvalue weighted by Gasteiger charge is 2.46. The monoisotopic (exact) mass is 465 g/mol. The van der Waals surface area contributed by atoms with E-state index >= 15 is 4.39 Å². The largest absolute Gasteiger partial charge is 0.368 e. The number of hydrogen-bond donors (Lipinski definition) is 4. The van der Waals surface area contributed by atoms with E-state index in [1.165, 1.54) is 0 Å². The predicted molar refractivity (Wildman–Crippen MR) is 120 cm³/mol. The maximum absolute atomic E-state index is 15.7. The summed E-state index contributed by atoms with van der Waals surface area (Å²) in [4.78, 5) is 14.2. The molecule has 2 aliphatic heterocycles. The maximum atomic E-state index is 15.7. The molecular weight excluding hydrogens is 428 g/mol. The molecule has 1 saturated carbocycles. The van der Waals surface area contributed by atoms with E-state index in [1.54, 1.807) is 0 Å². The van der Waals surface area contributed by atoms with Crippen molar-refractivity contribution < 1.29 is 9.18 Å². The van der Waals surface area contributed by atoms with Gasteiger partial charge in [0.05, 0.1) is 18.4 Å². The summed E-state index contributed by atoms with van der Waals surface area (Å²) in [5.74, 6) is -0.116. The summed E-state index contributed by atoms with van der Waals surface area (Å²) < 4.78 is 15.7. The molecule has 1 aliphatic carbocycles. The number of nitrogens with zero attached hydrogens (tertiary/aromatic N) is 1. The minimum Gasteiger partial charge on any atom is -0.368 e. The molecule has 0 aromatic rings. The molecule has 0 radical (unpaired) electrons. The molecule has 2 heterocycles. The molecule has 30 heavy (non-hydrogen) atoms. The molecule has 3 aliphatic rings. The van der Waals surface area contributed by atoms with Gasteiger partial charge in [-0.05, 0) is 49.9 Å². The van der Waals surface area contributed by atoms with Crippen LogP contribution in [0, 0.1) is 11.3 Å². The number of rotatable bonds is 6. The number of amides is 1. The highest BCUT2D eigenvalue weighted by Crippen LogP contribution is 2.40. The molecule has 6 nitrogen and oxygen atoms in total. The van der Waals surface area contributed by atoms with Crippen LogP contribution in [-0.4, -0.2) is 65.4 Å². The van der Waals surface area contributed by atoms with E-state index in [4.69, 9.17) is 28.9 Å². The van der Waals surface area contributed by atoms with Crippen LogP contribution in [0.3, 0.4) is 0 Å². The first-order valence-electron chi connectivity index (χ1n) is 11.3. The van der Waals surface area contributed by atoms with Crippen molar-refractivity contribution in [3.8, 4) is 0 Å². The Labute approximate surface area is 190 Å². The third-order valence-electron chi connectivity index (χ3n) is 6.75. The predicted octanol–water partition coefficient (Wildman–Crippen LogP) is 2.49. The lowest BCUT2D eigenvalue weighted by atomic mass is 9.82. The lowest BCUT2D eigenvalue weighted by molar-refractivity contribution is -0.121. The zero-order chi connectivity index (χ0) is 22.1. The molecule has 0 spiro atoms. The summed E-state index contributed by atoms with van der Waals surface area (Å²) in [6, 6.07) is -0.326. The minimum atomic E-state index is -1.22. The Morgan fingerprint density at radius 1 is 1.27 bits per heavy atom. The van der Waals surface area contributed by atoms with Crippen molar-refractivity contribution in [2.75, 3.05) is 13.2 Å². The average molecular weight is 466 g/mol. The number of nitrogens with two attached hydrogens (primary N) is 1. The average Bonchev–Trinajstić information content (AvgIpc) is 3.10. The van der Waals surface area contributed by atoms with Gasteiger partial charge in [0.2, 0.25) is 5.91 Å². The van der Waals surface area contributed by atoms with Crippen molar-refractivity contribution in [2.24, 2.45) is 17.1 Å². The van der Waals surface area contributed by atoms with Gasteiger partial charge in [0.1, 0.15) is 0 Å². The molecule has 9 heteroatoms. The van der Waals surface area contributed by atoms with E-state index in [1.807, 2.05) is 20.8 Å². The zero-order valence-electron chi connectivity index (χ0n) is 18.3. The van der Waals surface area contributed by atoms with Gasteiger partial charge in [0, 0.05) is 30.0 Å². The second kappa shape index (κ2) is 10.2. The van der Waals surface area contributed by atoms with Gasteiger partial charge in [-0.1, -0.05) is 20.8 Å². The second-order valence-corrected chi connectivity index (χ2v) is 11.6. The molecule has 8 atom stereocenters. The number of likely N-dealkylation sites (tertiary alicyclic amines) is 1. The van der Waals surface area contributed by atoms with E-state index in [-0.39, 0.29) is 22.2 Å². The van der Waals surface area contributed by atoms with Gasteiger partial charge in [-0.15, -0.1) is 23.2 Å². The van der Waals surface area contributed by atoms with Crippen LogP contribution in [-0.2, 0) is 4.79 Å². The molecule has 3 fully saturated rings. The summed E-state index contributed by atoms with van der Waals surface area (Å²) in [7, 11) is 0. The van der Waals surface area contributed by atoms with Crippen molar-refractivity contribution in [2.45, 2.75) is 101 Å². The summed E-state index contributed by atoms with van der Waals surface area (Å²) >= 11 is 13.0. The summed E-state index contributed by atoms with van der Waals surface area (Å²) in [6.45, 7) is 7.45. The third-order valence-corrected chi connectivity index (χ3v) is 7.64. The van der Waals surface area contributed by atoms with E-state index in [9.17, 15) is 4.79 Å². The Balaban J connectivity index is 1.68. The number of halogens is 3. The first-order chi connectivity index (χ1) is 14.1. The SMILES string of the molecule is CC(C)(C)C[C@@H](NC1NCNC(N2CCCC2C2CCC(Cl)CC2Cl)C1F)C(N)=O. The van der Waals surface area contributed by atoms with Crippen LogP contribution >= 0.6 is 23.2 Å². The van der Waals surface area contributed by atoms with Gasteiger partial charge < -0.3 is 5.73 Å². The number of hydrogen-bond acceptors (Lipinski definition) is 5. The van der Waals surface area contributed by atoms with Gasteiger partial charge in [0.25, 0.3) is 0 Å². The van der Waals surface area contributed by atoms with Crippen LogP contribution in [0.2, 0.25) is 0 Å². The van der Waals surface area contributed by atoms with E-state index in [2.05, 4.69) is 20.9 Å². The third kappa shape index (κ3) is 5.99. The number of primary amides is 1. The molecule has 1 amide bonds. The Hall–Kier alpha value is -0.180. The quantitative estimate of drug-likeness (QED) is 0.453. The number of carbonyl (C=O) groups excluding carboxylic acids is 1. The first kappa shape index (κ1) is 24.5. The molecule has 3 rings (SSSR count). The molecule has 0 aromatic heterocycles. The van der Waals surface area contributed by atoms with Crippen molar-refractivity contribution >= 4 is 29.1 Å². The highest BCUT2D eigenvalue weighted by molar-refractivity contribution is 6.24. The normalized spacial score (nSPS) is 39.7. The molecule has 0 bridgehead atoms. The fourth-order valence-corrected chi connectivity index (χ4v) is 6.27. The topological polar surface area (TPSA) is 82.4 Å². The van der Waals surface area contributed by atoms with Crippen molar-refractivity contribution in [3.63, 3.8) is 0 Å². The van der Waals surface area contributed by atoms with Gasteiger partial charge in [0.15, 0.2) is 6.17 Å². The van der Waals surface area contributed by atoms with E-state index in [0.717, 1.165) is 38.6 Å². The van der Waals surface area contributed by atoms with Crippen molar-refractivity contribution in [1.82, 2.24) is 20.9 Å². The van der Waals surface area contributed by atoms with Crippen molar-refractivity contribution in [3.05, 3.63) is 0 Å². The van der Waals surface area contributed by atoms with E-state index < -0.39 is 30.5 Å². The Morgan fingerprint density at radius 2 is 2.00 bits per heavy atom. The summed E-state index contributed by atoms with van der Waals surface area (Å²) in [5, 5.41) is 9.76. The number of alkyl halides is 3. The molecule has 5 N–H and O–H groups in total. The smallest absolute Gasteiger partial charge is 0.234 e. The molecule has 174 valence electrons. The molecular formula is C21H38Cl2FN5O. The maximum Gasteiger partial charge on any atom is 0.234 e. The first-order valence-corrected chi connectivity index (χ1v) is 12.1. The molecule has 7 unspecified atom stereocenters. The molecule has 0 aromatic carbocycles. The van der Waals surface area contributed by atoms with Gasteiger partial charge in [-0.3, -0.25) is 25.6 Å². The number of carbonyl (C=O) groups is 1. The zero-order valence-corrected chi connectivity index (χ0v) is 19.9. The summed E-state index contributed by atoms with van der Waals surface area (Å²) in [6.07, 6.45) is 3.11. The van der Waals surface area contributed by atoms with Crippen LogP contribution in [0.1, 0.15) is 59.3 Å². The Morgan fingerprint density at radius 3 is 2.63 bits per heavy atom. The van der Waals surface area contributed by atoms with Crippen LogP contribution in [0.25, 0.3) is 0 Å². The fraction of sp³-hybridized carbons (Fsp3) is 0.952. The Bertz CT molecular complexity index is 592. The summed E-state index contributed by atoms with van der Waals surface area (Å²) in [5.41, 5.74) is 5.51. The minimum absolute atomic E-state index is 0.0339. The lowest BCUT2D eigenvalue weighted by Gasteiger charge is -2.46. The van der Waals surface area contributed by atoms with Crippen LogP contribution in [0.4, 0.5) is 4.39 Å². The second-order valence-electron chi connectivity index (χ2n) is 10.4. The van der Waals surface area contributed by atoms with Crippen molar-refractivity contribution in [1.29, 1.82) is 0 Å². The molecule has 2 saturated heterocycles. The highest BCUT2D eigenvalue weighted by atomic mass is 35.5. The van der Waals surface area contributed by atoms with Gasteiger partial charge in [-0.25, -0.2) is 4.39 Å². The standard InChI is InChI=1S/C21H38Cl2FN5O/c1-21(2,3)10-15(18(25)30)28-19-17(24)20(27-11-26-19)29-8-4-5-16(29)13-7-6-12(22)9-14(13)23/h12-17,19-20,26-28H,4-11H2,1-3H3,(H2,25,30)/t12?,13?,14?,15-,16?,17?,19?,20?/m1/s1. The number of nitrogens with one attached hydrogen (secondary N) is 3. The fourth-order valence-electron chi connectivity index (χ4n) is 5.35. The van der Waals surface area contributed by atoms with Crippen LogP contribution in [0.15, 0.2) is 0 Å². The van der Waals surface area contributed by atoms with Gasteiger partial charge >= 0.3 is 0 Å². The van der Waals surface area contributed by atoms with Crippen LogP contribution in [0.5, 0.6) is 0 Å². The van der Waals surface area contributed by atoms with Crippen LogP contribution < -0.4 is 21.7 Å². The van der Waals surface area contributed by atoms with Gasteiger partial charge in [-0.2, -0.15) is 0 Å². The Kier molecular flexibility index (Phi) is 8.30. The van der Waals surface area contributed by atoms with E-state index in [0.29, 0.717) is 19.0 Å². The lowest BCUT2D eigenvalue weighted by Crippen LogP contribution is -2.71.